The zero-order chi connectivity index (χ0) is 21.0. The Hall–Kier alpha value is -3.62. The fraction of sp³-hybridized carbons (Fsp3) is 0.150. The maximum atomic E-state index is 12.7. The molecule has 2 aromatic rings. The number of benzene rings is 2. The van der Waals surface area contributed by atoms with E-state index < -0.39 is 30.1 Å². The Morgan fingerprint density at radius 2 is 1.97 bits per heavy atom. The van der Waals surface area contributed by atoms with Crippen molar-refractivity contribution < 1.29 is 37.0 Å². The summed E-state index contributed by atoms with van der Waals surface area (Å²) in [6, 6.07) is 8.80. The van der Waals surface area contributed by atoms with Gasteiger partial charge in [-0.2, -0.15) is 13.2 Å². The van der Waals surface area contributed by atoms with Crippen molar-refractivity contribution in [2.75, 3.05) is 18.5 Å². The topological polar surface area (TPSA) is 81.7 Å². The molecular weight excluding hydrogens is 391 g/mol. The van der Waals surface area contributed by atoms with E-state index >= 15 is 0 Å². The Bertz CT molecular complexity index is 998. The summed E-state index contributed by atoms with van der Waals surface area (Å²) in [4.78, 5) is 35.2. The quantitative estimate of drug-likeness (QED) is 0.468. The summed E-state index contributed by atoms with van der Waals surface area (Å²) < 4.78 is 48.1. The zero-order valence-electron chi connectivity index (χ0n) is 14.8. The molecule has 1 heterocycles. The number of anilines is 1. The van der Waals surface area contributed by atoms with Crippen molar-refractivity contribution in [3.8, 4) is 5.75 Å². The van der Waals surface area contributed by atoms with E-state index in [1.165, 1.54) is 30.3 Å². The molecule has 0 aliphatic carbocycles. The Labute approximate surface area is 162 Å². The number of hydrogen-bond donors (Lipinski definition) is 1. The van der Waals surface area contributed by atoms with Gasteiger partial charge in [0.25, 0.3) is 5.91 Å². The molecule has 0 saturated carbocycles. The van der Waals surface area contributed by atoms with Crippen LogP contribution in [-0.2, 0) is 20.5 Å². The van der Waals surface area contributed by atoms with Gasteiger partial charge in [0.1, 0.15) is 5.75 Å². The van der Waals surface area contributed by atoms with E-state index in [1.807, 2.05) is 0 Å². The number of halogens is 3. The number of Topliss-reactive ketones (excluding diaryl/α,β-unsaturated/α-hetero) is 1. The summed E-state index contributed by atoms with van der Waals surface area (Å²) in [7, 11) is 0. The molecule has 6 nitrogen and oxygen atoms in total. The van der Waals surface area contributed by atoms with Crippen molar-refractivity contribution in [1.82, 2.24) is 0 Å². The van der Waals surface area contributed by atoms with Gasteiger partial charge in [0.15, 0.2) is 19.0 Å². The minimum absolute atomic E-state index is 0.115. The first-order chi connectivity index (χ1) is 13.7. The first-order valence-corrected chi connectivity index (χ1v) is 8.34. The van der Waals surface area contributed by atoms with Crippen LogP contribution in [0, 0.1) is 0 Å². The number of rotatable bonds is 5. The van der Waals surface area contributed by atoms with Gasteiger partial charge >= 0.3 is 12.1 Å². The third kappa shape index (κ3) is 5.22. The largest absolute Gasteiger partial charge is 0.482 e. The highest BCUT2D eigenvalue weighted by molar-refractivity contribution is 6.02. The zero-order valence-corrected chi connectivity index (χ0v) is 14.8. The number of carbonyl (C=O) groups excluding carboxylic acids is 3. The highest BCUT2D eigenvalue weighted by atomic mass is 19.4. The summed E-state index contributed by atoms with van der Waals surface area (Å²) in [5.41, 5.74) is -0.146. The Morgan fingerprint density at radius 1 is 1.17 bits per heavy atom. The molecule has 0 spiro atoms. The standard InChI is InChI=1S/C20H14F3NO5/c21-20(22,23)14-3-1-2-12(8-14)4-7-19(27)29-10-16(25)13-5-6-17-15(9-13)24-18(26)11-28-17/h1-9H,10-11H2,(H,24,26)/b7-4+. The van der Waals surface area contributed by atoms with E-state index in [-0.39, 0.29) is 23.6 Å². The molecule has 1 aliphatic rings. The van der Waals surface area contributed by atoms with Crippen LogP contribution in [0.5, 0.6) is 5.75 Å². The molecule has 29 heavy (non-hydrogen) atoms. The number of amides is 1. The molecule has 0 aromatic heterocycles. The summed E-state index contributed by atoms with van der Waals surface area (Å²) in [6.45, 7) is -0.685. The van der Waals surface area contributed by atoms with Gasteiger partial charge in [0.05, 0.1) is 11.3 Å². The third-order valence-electron chi connectivity index (χ3n) is 3.91. The lowest BCUT2D eigenvalue weighted by Gasteiger charge is -2.18. The van der Waals surface area contributed by atoms with Crippen molar-refractivity contribution in [2.24, 2.45) is 0 Å². The van der Waals surface area contributed by atoms with Crippen LogP contribution in [0.25, 0.3) is 6.08 Å². The van der Waals surface area contributed by atoms with Gasteiger partial charge in [0, 0.05) is 11.6 Å². The van der Waals surface area contributed by atoms with Crippen molar-refractivity contribution in [2.45, 2.75) is 6.18 Å². The van der Waals surface area contributed by atoms with Gasteiger partial charge in [-0.05, 0) is 42.0 Å². The van der Waals surface area contributed by atoms with E-state index in [1.54, 1.807) is 0 Å². The first kappa shape index (κ1) is 20.1. The second-order valence-corrected chi connectivity index (χ2v) is 6.04. The van der Waals surface area contributed by atoms with Crippen LogP contribution < -0.4 is 10.1 Å². The number of carbonyl (C=O) groups is 3. The SMILES string of the molecule is O=C1COc2ccc(C(=O)COC(=O)/C=C/c3cccc(C(F)(F)F)c3)cc2N1. The Balaban J connectivity index is 1.58. The molecule has 0 unspecified atom stereocenters. The number of fused-ring (bicyclic) bond motifs is 1. The highest BCUT2D eigenvalue weighted by Gasteiger charge is 2.30. The van der Waals surface area contributed by atoms with Crippen molar-refractivity contribution >= 4 is 29.4 Å². The number of nitrogens with one attached hydrogen (secondary N) is 1. The van der Waals surface area contributed by atoms with Gasteiger partial charge in [0.2, 0.25) is 0 Å². The molecule has 9 heteroatoms. The van der Waals surface area contributed by atoms with E-state index in [2.05, 4.69) is 5.32 Å². The van der Waals surface area contributed by atoms with Crippen LogP contribution in [0.2, 0.25) is 0 Å². The average molecular weight is 405 g/mol. The van der Waals surface area contributed by atoms with Crippen LogP contribution >= 0.6 is 0 Å². The lowest BCUT2D eigenvalue weighted by Crippen LogP contribution is -2.25. The van der Waals surface area contributed by atoms with Crippen molar-refractivity contribution in [3.05, 3.63) is 65.2 Å². The molecule has 2 aromatic carbocycles. The molecule has 3 rings (SSSR count). The second kappa shape index (κ2) is 8.17. The molecular formula is C20H14F3NO5. The van der Waals surface area contributed by atoms with Gasteiger partial charge < -0.3 is 14.8 Å². The van der Waals surface area contributed by atoms with E-state index in [4.69, 9.17) is 9.47 Å². The van der Waals surface area contributed by atoms with Crippen molar-refractivity contribution in [3.63, 3.8) is 0 Å². The second-order valence-electron chi connectivity index (χ2n) is 6.04. The average Bonchev–Trinajstić information content (AvgIpc) is 2.69. The summed E-state index contributed by atoms with van der Waals surface area (Å²) in [5.74, 6) is -1.34. The molecule has 0 bridgehead atoms. The van der Waals surface area contributed by atoms with Crippen LogP contribution in [0.4, 0.5) is 18.9 Å². The number of ketones is 1. The normalized spacial score (nSPS) is 13.4. The molecule has 0 saturated heterocycles. The van der Waals surface area contributed by atoms with E-state index in [0.29, 0.717) is 11.4 Å². The fourth-order valence-corrected chi connectivity index (χ4v) is 2.51. The molecule has 0 radical (unpaired) electrons. The van der Waals surface area contributed by atoms with Crippen LogP contribution in [0.3, 0.4) is 0 Å². The maximum Gasteiger partial charge on any atom is 0.416 e. The predicted molar refractivity (Wildman–Crippen MR) is 96.3 cm³/mol. The number of alkyl halides is 3. The summed E-state index contributed by atoms with van der Waals surface area (Å²) >= 11 is 0. The van der Waals surface area contributed by atoms with Crippen LogP contribution in [0.15, 0.2) is 48.5 Å². The van der Waals surface area contributed by atoms with Crippen molar-refractivity contribution in [1.29, 1.82) is 0 Å². The Kier molecular flexibility index (Phi) is 5.67. The minimum Gasteiger partial charge on any atom is -0.482 e. The minimum atomic E-state index is -4.49. The van der Waals surface area contributed by atoms with Gasteiger partial charge in [-0.3, -0.25) is 9.59 Å². The van der Waals surface area contributed by atoms with E-state index in [0.717, 1.165) is 24.3 Å². The molecule has 0 fully saturated rings. The van der Waals surface area contributed by atoms with Crippen LogP contribution in [-0.4, -0.2) is 30.9 Å². The van der Waals surface area contributed by atoms with Gasteiger partial charge in [-0.15, -0.1) is 0 Å². The number of ether oxygens (including phenoxy) is 2. The molecule has 1 aliphatic heterocycles. The van der Waals surface area contributed by atoms with Gasteiger partial charge in [-0.25, -0.2) is 4.79 Å². The highest BCUT2D eigenvalue weighted by Crippen LogP contribution is 2.30. The fourth-order valence-electron chi connectivity index (χ4n) is 2.51. The molecule has 150 valence electrons. The number of hydrogen-bond acceptors (Lipinski definition) is 5. The monoisotopic (exact) mass is 405 g/mol. The lowest BCUT2D eigenvalue weighted by molar-refractivity contribution is -0.138. The smallest absolute Gasteiger partial charge is 0.416 e. The summed E-state index contributed by atoms with van der Waals surface area (Å²) in [5, 5.41) is 2.56. The van der Waals surface area contributed by atoms with E-state index in [9.17, 15) is 27.6 Å². The van der Waals surface area contributed by atoms with Crippen LogP contribution in [0.1, 0.15) is 21.5 Å². The molecule has 1 N–H and O–H groups in total. The third-order valence-corrected chi connectivity index (χ3v) is 3.91. The maximum absolute atomic E-state index is 12.7. The molecule has 1 amide bonds. The summed E-state index contributed by atoms with van der Waals surface area (Å²) in [6.07, 6.45) is -2.40. The predicted octanol–water partition coefficient (Wildman–Crippen LogP) is 3.48. The lowest BCUT2D eigenvalue weighted by atomic mass is 10.1. The first-order valence-electron chi connectivity index (χ1n) is 8.34. The Morgan fingerprint density at radius 3 is 2.72 bits per heavy atom. The molecule has 0 atom stereocenters. The van der Waals surface area contributed by atoms with Gasteiger partial charge in [-0.1, -0.05) is 12.1 Å². The number of esters is 1.